The summed E-state index contributed by atoms with van der Waals surface area (Å²) >= 11 is 0. The van der Waals surface area contributed by atoms with E-state index in [1.165, 1.54) is 5.56 Å². The number of rotatable bonds is 5. The van der Waals surface area contributed by atoms with Crippen LogP contribution in [0, 0.1) is 5.41 Å². The van der Waals surface area contributed by atoms with Crippen molar-refractivity contribution in [1.29, 1.82) is 5.41 Å². The summed E-state index contributed by atoms with van der Waals surface area (Å²) in [7, 11) is 3.82. The number of fused-ring (bicyclic) bond motifs is 3. The number of aromatic nitrogens is 4. The molecular formula is C22H25N7. The lowest BCUT2D eigenvalue weighted by Crippen LogP contribution is -2.15. The molecule has 7 heteroatoms. The highest BCUT2D eigenvalue weighted by molar-refractivity contribution is 6.00. The Balaban J connectivity index is 1.71. The van der Waals surface area contributed by atoms with Crippen LogP contribution >= 0.6 is 0 Å². The van der Waals surface area contributed by atoms with Crippen molar-refractivity contribution in [3.8, 4) is 11.3 Å². The zero-order valence-corrected chi connectivity index (χ0v) is 17.0. The predicted molar refractivity (Wildman–Crippen MR) is 115 cm³/mol. The van der Waals surface area contributed by atoms with Crippen molar-refractivity contribution in [2.24, 2.45) is 7.05 Å². The highest BCUT2D eigenvalue weighted by Crippen LogP contribution is 2.35. The molecule has 0 unspecified atom stereocenters. The number of anilines is 1. The molecule has 0 bridgehead atoms. The van der Waals surface area contributed by atoms with Crippen LogP contribution in [0.1, 0.15) is 29.4 Å². The lowest BCUT2D eigenvalue weighted by atomic mass is 9.91. The van der Waals surface area contributed by atoms with E-state index in [1.807, 2.05) is 38.0 Å². The number of allylic oxidation sites excluding steroid dienone is 1. The molecule has 2 aromatic heterocycles. The van der Waals surface area contributed by atoms with Gasteiger partial charge in [0, 0.05) is 38.0 Å². The number of benzene rings is 1. The molecule has 4 rings (SSSR count). The molecule has 148 valence electrons. The van der Waals surface area contributed by atoms with Crippen molar-refractivity contribution in [3.05, 3.63) is 70.8 Å². The van der Waals surface area contributed by atoms with Gasteiger partial charge in [0.25, 0.3) is 0 Å². The molecular weight excluding hydrogens is 362 g/mol. The lowest BCUT2D eigenvalue weighted by Gasteiger charge is -2.17. The Morgan fingerprint density at radius 1 is 1.24 bits per heavy atom. The van der Waals surface area contributed by atoms with Crippen LogP contribution in [0.25, 0.3) is 11.3 Å². The summed E-state index contributed by atoms with van der Waals surface area (Å²) in [5.74, 6) is 0.666. The molecule has 3 aromatic rings. The summed E-state index contributed by atoms with van der Waals surface area (Å²) in [5.41, 5.74) is 7.52. The molecule has 0 fully saturated rings. The van der Waals surface area contributed by atoms with Crippen molar-refractivity contribution >= 4 is 11.8 Å². The molecule has 0 saturated carbocycles. The summed E-state index contributed by atoms with van der Waals surface area (Å²) in [5, 5.41) is 18.9. The van der Waals surface area contributed by atoms with Gasteiger partial charge in [0.1, 0.15) is 5.84 Å². The van der Waals surface area contributed by atoms with Gasteiger partial charge in [0.2, 0.25) is 5.95 Å². The Morgan fingerprint density at radius 3 is 2.79 bits per heavy atom. The first kappa shape index (κ1) is 18.9. The van der Waals surface area contributed by atoms with Crippen molar-refractivity contribution in [2.75, 3.05) is 12.4 Å². The fourth-order valence-electron chi connectivity index (χ4n) is 3.62. The maximum absolute atomic E-state index is 8.12. The zero-order chi connectivity index (χ0) is 20.4. The van der Waals surface area contributed by atoms with Crippen molar-refractivity contribution in [2.45, 2.75) is 26.2 Å². The molecule has 0 atom stereocenters. The van der Waals surface area contributed by atoms with Crippen LogP contribution in [0.2, 0.25) is 0 Å². The Kier molecular flexibility index (Phi) is 5.12. The van der Waals surface area contributed by atoms with Gasteiger partial charge in [0.05, 0.1) is 17.1 Å². The first-order chi connectivity index (χ1) is 14.0. The summed E-state index contributed by atoms with van der Waals surface area (Å²) in [6.07, 6.45) is 6.14. The van der Waals surface area contributed by atoms with Gasteiger partial charge in [-0.25, -0.2) is 9.97 Å². The van der Waals surface area contributed by atoms with Gasteiger partial charge in [0.15, 0.2) is 0 Å². The fourth-order valence-corrected chi connectivity index (χ4v) is 3.62. The second kappa shape index (κ2) is 7.87. The third kappa shape index (κ3) is 3.89. The highest BCUT2D eigenvalue weighted by Gasteiger charge is 2.26. The molecule has 2 heterocycles. The van der Waals surface area contributed by atoms with E-state index < -0.39 is 0 Å². The monoisotopic (exact) mass is 387 g/mol. The van der Waals surface area contributed by atoms with E-state index in [9.17, 15) is 0 Å². The number of nitrogens with zero attached hydrogens (tertiary/aromatic N) is 4. The van der Waals surface area contributed by atoms with Crippen molar-refractivity contribution in [1.82, 2.24) is 25.1 Å². The minimum atomic E-state index is 0.239. The summed E-state index contributed by atoms with van der Waals surface area (Å²) < 4.78 is 1.98. The quantitative estimate of drug-likeness (QED) is 0.462. The highest BCUT2D eigenvalue weighted by atomic mass is 15.3. The van der Waals surface area contributed by atoms with E-state index in [0.29, 0.717) is 5.95 Å². The van der Waals surface area contributed by atoms with Crippen LogP contribution in [0.15, 0.2) is 48.3 Å². The van der Waals surface area contributed by atoms with Crippen LogP contribution in [-0.2, 0) is 26.3 Å². The van der Waals surface area contributed by atoms with Crippen molar-refractivity contribution in [3.63, 3.8) is 0 Å². The van der Waals surface area contributed by atoms with Crippen LogP contribution in [0.4, 0.5) is 5.95 Å². The summed E-state index contributed by atoms with van der Waals surface area (Å²) in [4.78, 5) is 9.20. The van der Waals surface area contributed by atoms with Gasteiger partial charge in [-0.3, -0.25) is 10.1 Å². The molecule has 3 N–H and O–H groups in total. The lowest BCUT2D eigenvalue weighted by molar-refractivity contribution is 0.705. The first-order valence-electron chi connectivity index (χ1n) is 9.71. The number of nitrogens with one attached hydrogen (secondary N) is 3. The number of aryl methyl sites for hydroxylation is 3. The van der Waals surface area contributed by atoms with Crippen molar-refractivity contribution < 1.29 is 0 Å². The van der Waals surface area contributed by atoms with Gasteiger partial charge < -0.3 is 10.6 Å². The predicted octanol–water partition coefficient (Wildman–Crippen LogP) is 3.08. The maximum Gasteiger partial charge on any atom is 0.228 e. The maximum atomic E-state index is 8.12. The zero-order valence-electron chi connectivity index (χ0n) is 17.0. The second-order valence-corrected chi connectivity index (χ2v) is 7.24. The Bertz CT molecular complexity index is 1080. The summed E-state index contributed by atoms with van der Waals surface area (Å²) in [6.45, 7) is 1.90. The van der Waals surface area contributed by atoms with E-state index in [-0.39, 0.29) is 5.84 Å². The molecule has 7 nitrogen and oxygen atoms in total. The summed E-state index contributed by atoms with van der Waals surface area (Å²) in [6, 6.07) is 10.4. The molecule has 0 aliphatic heterocycles. The first-order valence-corrected chi connectivity index (χ1v) is 9.71. The topological polar surface area (TPSA) is 91.5 Å². The van der Waals surface area contributed by atoms with Crippen LogP contribution in [0.3, 0.4) is 0 Å². The van der Waals surface area contributed by atoms with Gasteiger partial charge >= 0.3 is 0 Å². The molecule has 0 amide bonds. The second-order valence-electron chi connectivity index (χ2n) is 7.24. The third-order valence-electron chi connectivity index (χ3n) is 5.19. The minimum absolute atomic E-state index is 0.239. The van der Waals surface area contributed by atoms with E-state index in [2.05, 4.69) is 39.9 Å². The normalized spacial score (nSPS) is 12.9. The molecule has 1 aromatic carbocycles. The van der Waals surface area contributed by atoms with Crippen LogP contribution in [-0.4, -0.2) is 32.6 Å². The smallest absolute Gasteiger partial charge is 0.228 e. The Morgan fingerprint density at radius 2 is 2.03 bits per heavy atom. The van der Waals surface area contributed by atoms with Gasteiger partial charge in [-0.15, -0.1) is 0 Å². The SMILES string of the molecule is CN/C(C)=C\C(=N)Nc1ncc2c(n1)-c1c(nn(C)c1Cc1ccccc1)CC2. The molecule has 1 aliphatic rings. The average Bonchev–Trinajstić information content (AvgIpc) is 3.04. The molecule has 1 aliphatic carbocycles. The Hall–Kier alpha value is -3.48. The Labute approximate surface area is 170 Å². The van der Waals surface area contributed by atoms with E-state index in [4.69, 9.17) is 15.5 Å². The van der Waals surface area contributed by atoms with Crippen LogP contribution < -0.4 is 10.6 Å². The number of hydrogen-bond acceptors (Lipinski definition) is 5. The minimum Gasteiger partial charge on any atom is -0.392 e. The van der Waals surface area contributed by atoms with Gasteiger partial charge in [-0.2, -0.15) is 5.10 Å². The standard InChI is InChI=1S/C22H25N7/c1-14(24-2)11-19(23)26-22-25-13-16-9-10-17-20(21(16)27-22)18(29(3)28-17)12-15-7-5-4-6-8-15/h4-8,11,13,24H,9-10,12H2,1-3H3,(H2,23,25,26,27)/b14-11-. The third-order valence-corrected chi connectivity index (χ3v) is 5.19. The van der Waals surface area contributed by atoms with E-state index in [1.54, 1.807) is 6.08 Å². The van der Waals surface area contributed by atoms with Gasteiger partial charge in [-0.05, 0) is 37.0 Å². The molecule has 0 radical (unpaired) electrons. The fraction of sp³-hybridized carbons (Fsp3) is 0.273. The molecule has 0 saturated heterocycles. The molecule has 0 spiro atoms. The van der Waals surface area contributed by atoms with E-state index in [0.717, 1.165) is 53.2 Å². The van der Waals surface area contributed by atoms with Crippen LogP contribution in [0.5, 0.6) is 0 Å². The van der Waals surface area contributed by atoms with E-state index >= 15 is 0 Å². The molecule has 29 heavy (non-hydrogen) atoms. The average molecular weight is 387 g/mol. The van der Waals surface area contributed by atoms with Gasteiger partial charge in [-0.1, -0.05) is 30.3 Å². The number of amidine groups is 1. The largest absolute Gasteiger partial charge is 0.392 e. The number of hydrogen-bond donors (Lipinski definition) is 3.